The molecule has 1 aromatic carbocycles. The molecule has 0 atom stereocenters. The van der Waals surface area contributed by atoms with Crippen LogP contribution in [0.15, 0.2) is 12.1 Å². The summed E-state index contributed by atoms with van der Waals surface area (Å²) in [4.78, 5) is 23.5. The van der Waals surface area contributed by atoms with E-state index < -0.39 is 16.6 Å². The van der Waals surface area contributed by atoms with Crippen molar-refractivity contribution in [1.82, 2.24) is 4.90 Å². The van der Waals surface area contributed by atoms with E-state index in [0.29, 0.717) is 0 Å². The van der Waals surface area contributed by atoms with Gasteiger partial charge in [0.15, 0.2) is 0 Å². The topological polar surface area (TPSA) is 87.2 Å². The standard InChI is InChI=1S/C13H14FN3O3/c1-8(2)16(5-4-15)13(18)11-7-10(17(19)20)6-9(3)12(11)14/h6-8H,5H2,1-3H3. The van der Waals surface area contributed by atoms with Crippen LogP contribution in [-0.2, 0) is 0 Å². The number of hydrogen-bond donors (Lipinski definition) is 0. The SMILES string of the molecule is Cc1cc([N+](=O)[O-])cc(C(=O)N(CC#N)C(C)C)c1F. The van der Waals surface area contributed by atoms with Crippen LogP contribution in [0.4, 0.5) is 10.1 Å². The molecule has 0 saturated carbocycles. The van der Waals surface area contributed by atoms with Crippen LogP contribution in [-0.4, -0.2) is 28.3 Å². The van der Waals surface area contributed by atoms with Gasteiger partial charge in [0.2, 0.25) is 0 Å². The second kappa shape index (κ2) is 6.10. The van der Waals surface area contributed by atoms with Gasteiger partial charge in [0.25, 0.3) is 11.6 Å². The maximum atomic E-state index is 14.0. The van der Waals surface area contributed by atoms with E-state index in [1.54, 1.807) is 13.8 Å². The summed E-state index contributed by atoms with van der Waals surface area (Å²) < 4.78 is 14.0. The number of benzene rings is 1. The average molecular weight is 279 g/mol. The fourth-order valence-electron chi connectivity index (χ4n) is 1.73. The van der Waals surface area contributed by atoms with E-state index in [0.717, 1.165) is 17.0 Å². The fraction of sp³-hybridized carbons (Fsp3) is 0.385. The van der Waals surface area contributed by atoms with Gasteiger partial charge in [0.1, 0.15) is 12.4 Å². The first-order chi connectivity index (χ1) is 9.29. The number of amides is 1. The predicted octanol–water partition coefficient (Wildman–Crippen LogP) is 2.42. The van der Waals surface area contributed by atoms with Crippen molar-refractivity contribution in [3.8, 4) is 6.07 Å². The van der Waals surface area contributed by atoms with Crippen LogP contribution in [0.25, 0.3) is 0 Å². The van der Waals surface area contributed by atoms with E-state index in [-0.39, 0.29) is 29.4 Å². The van der Waals surface area contributed by atoms with Gasteiger partial charge in [-0.3, -0.25) is 14.9 Å². The molecule has 0 radical (unpaired) electrons. The second-order valence-corrected chi connectivity index (χ2v) is 4.57. The van der Waals surface area contributed by atoms with Gasteiger partial charge >= 0.3 is 0 Å². The molecule has 0 aliphatic rings. The maximum Gasteiger partial charge on any atom is 0.270 e. The number of non-ortho nitro benzene ring substituents is 1. The summed E-state index contributed by atoms with van der Waals surface area (Å²) in [5, 5.41) is 19.5. The highest BCUT2D eigenvalue weighted by molar-refractivity contribution is 5.95. The van der Waals surface area contributed by atoms with Crippen LogP contribution >= 0.6 is 0 Å². The molecular weight excluding hydrogens is 265 g/mol. The molecule has 0 heterocycles. The van der Waals surface area contributed by atoms with E-state index in [9.17, 15) is 19.3 Å². The number of halogens is 1. The Balaban J connectivity index is 3.34. The number of nitrogens with zero attached hydrogens (tertiary/aromatic N) is 3. The third-order valence-corrected chi connectivity index (χ3v) is 2.81. The highest BCUT2D eigenvalue weighted by Crippen LogP contribution is 2.22. The van der Waals surface area contributed by atoms with Gasteiger partial charge in [0, 0.05) is 18.2 Å². The Morgan fingerprint density at radius 2 is 2.15 bits per heavy atom. The van der Waals surface area contributed by atoms with Crippen LogP contribution in [0, 0.1) is 34.2 Å². The molecule has 106 valence electrons. The first kappa shape index (κ1) is 15.6. The van der Waals surface area contributed by atoms with Crippen molar-refractivity contribution in [2.75, 3.05) is 6.54 Å². The molecule has 1 aromatic rings. The Bertz CT molecular complexity index is 593. The Kier molecular flexibility index (Phi) is 4.75. The van der Waals surface area contributed by atoms with Crippen molar-refractivity contribution in [2.45, 2.75) is 26.8 Å². The number of carbonyl (C=O) groups excluding carboxylic acids is 1. The van der Waals surface area contributed by atoms with Crippen LogP contribution in [0.3, 0.4) is 0 Å². The Morgan fingerprint density at radius 1 is 1.55 bits per heavy atom. The molecule has 0 bridgehead atoms. The van der Waals surface area contributed by atoms with Crippen LogP contribution < -0.4 is 0 Å². The molecule has 1 amide bonds. The van der Waals surface area contributed by atoms with Crippen LogP contribution in [0.1, 0.15) is 29.8 Å². The lowest BCUT2D eigenvalue weighted by atomic mass is 10.1. The van der Waals surface area contributed by atoms with Crippen LogP contribution in [0.5, 0.6) is 0 Å². The molecule has 7 heteroatoms. The second-order valence-electron chi connectivity index (χ2n) is 4.57. The molecule has 0 spiro atoms. The zero-order valence-electron chi connectivity index (χ0n) is 11.4. The molecule has 0 fully saturated rings. The van der Waals surface area contributed by atoms with E-state index in [1.165, 1.54) is 6.92 Å². The van der Waals surface area contributed by atoms with Crippen molar-refractivity contribution in [3.63, 3.8) is 0 Å². The van der Waals surface area contributed by atoms with Crippen molar-refractivity contribution in [3.05, 3.63) is 39.2 Å². The number of nitriles is 1. The quantitative estimate of drug-likeness (QED) is 0.481. The van der Waals surface area contributed by atoms with E-state index in [2.05, 4.69) is 0 Å². The van der Waals surface area contributed by atoms with E-state index in [4.69, 9.17) is 5.26 Å². The first-order valence-corrected chi connectivity index (χ1v) is 5.92. The summed E-state index contributed by atoms with van der Waals surface area (Å²) in [5.41, 5.74) is -0.725. The summed E-state index contributed by atoms with van der Waals surface area (Å²) >= 11 is 0. The molecule has 0 N–H and O–H groups in total. The number of nitro benzene ring substituents is 1. The maximum absolute atomic E-state index is 14.0. The van der Waals surface area contributed by atoms with Gasteiger partial charge in [-0.25, -0.2) is 4.39 Å². The lowest BCUT2D eigenvalue weighted by Crippen LogP contribution is -2.37. The summed E-state index contributed by atoms with van der Waals surface area (Å²) in [6, 6.07) is 3.47. The van der Waals surface area contributed by atoms with Gasteiger partial charge in [-0.2, -0.15) is 5.26 Å². The number of aryl methyl sites for hydroxylation is 1. The third-order valence-electron chi connectivity index (χ3n) is 2.81. The smallest absolute Gasteiger partial charge is 0.270 e. The number of rotatable bonds is 4. The van der Waals surface area contributed by atoms with Gasteiger partial charge < -0.3 is 4.90 Å². The molecule has 0 saturated heterocycles. The number of hydrogen-bond acceptors (Lipinski definition) is 4. The fourth-order valence-corrected chi connectivity index (χ4v) is 1.73. The molecular formula is C13H14FN3O3. The van der Waals surface area contributed by atoms with Crippen molar-refractivity contribution < 1.29 is 14.1 Å². The first-order valence-electron chi connectivity index (χ1n) is 5.92. The minimum atomic E-state index is -0.802. The largest absolute Gasteiger partial charge is 0.323 e. The van der Waals surface area contributed by atoms with Crippen molar-refractivity contribution in [2.24, 2.45) is 0 Å². The molecule has 0 aliphatic heterocycles. The molecule has 1 rings (SSSR count). The third kappa shape index (κ3) is 3.09. The number of carbonyl (C=O) groups is 1. The van der Waals surface area contributed by atoms with Gasteiger partial charge in [-0.15, -0.1) is 0 Å². The highest BCUT2D eigenvalue weighted by atomic mass is 19.1. The molecule has 0 aliphatic carbocycles. The average Bonchev–Trinajstić information content (AvgIpc) is 2.37. The van der Waals surface area contributed by atoms with Crippen LogP contribution in [0.2, 0.25) is 0 Å². The zero-order chi connectivity index (χ0) is 15.4. The Labute approximate surface area is 115 Å². The molecule has 0 unspecified atom stereocenters. The molecule has 0 aromatic heterocycles. The summed E-state index contributed by atoms with van der Waals surface area (Å²) in [6.45, 7) is 4.50. The monoisotopic (exact) mass is 279 g/mol. The highest BCUT2D eigenvalue weighted by Gasteiger charge is 2.25. The molecule has 6 nitrogen and oxygen atoms in total. The van der Waals surface area contributed by atoms with Gasteiger partial charge in [-0.05, 0) is 26.3 Å². The van der Waals surface area contributed by atoms with Gasteiger partial charge in [-0.1, -0.05) is 0 Å². The normalized spacial score (nSPS) is 10.2. The van der Waals surface area contributed by atoms with Crippen molar-refractivity contribution in [1.29, 1.82) is 5.26 Å². The summed E-state index contributed by atoms with van der Waals surface area (Å²) in [7, 11) is 0. The lowest BCUT2D eigenvalue weighted by molar-refractivity contribution is -0.385. The van der Waals surface area contributed by atoms with E-state index >= 15 is 0 Å². The van der Waals surface area contributed by atoms with E-state index in [1.807, 2.05) is 6.07 Å². The molecule has 20 heavy (non-hydrogen) atoms. The van der Waals surface area contributed by atoms with Crippen molar-refractivity contribution >= 4 is 11.6 Å². The Morgan fingerprint density at radius 3 is 2.60 bits per heavy atom. The Hall–Kier alpha value is -2.49. The predicted molar refractivity (Wildman–Crippen MR) is 69.6 cm³/mol. The number of nitro groups is 1. The lowest BCUT2D eigenvalue weighted by Gasteiger charge is -2.24. The minimum absolute atomic E-state index is 0.0169. The zero-order valence-corrected chi connectivity index (χ0v) is 11.4. The summed E-state index contributed by atoms with van der Waals surface area (Å²) in [6.07, 6.45) is 0. The summed E-state index contributed by atoms with van der Waals surface area (Å²) in [5.74, 6) is -1.53. The minimum Gasteiger partial charge on any atom is -0.323 e. The van der Waals surface area contributed by atoms with Gasteiger partial charge in [0.05, 0.1) is 16.6 Å².